The highest BCUT2D eigenvalue weighted by molar-refractivity contribution is 6.31. The van der Waals surface area contributed by atoms with Gasteiger partial charge in [0.2, 0.25) is 5.91 Å². The van der Waals surface area contributed by atoms with Gasteiger partial charge in [0, 0.05) is 45.8 Å². The number of nitriles is 1. The van der Waals surface area contributed by atoms with Crippen LogP contribution in [0.3, 0.4) is 0 Å². The number of fused-ring (bicyclic) bond motifs is 1. The standard InChI is InChI=1S/C22H27ClN4O/c1-5-18-11-20(15(4)27(18)13-24)25-22(28)14(3)9-16-12-26(6-2)21-8-7-17(23)10-19(16)21/h7-10,12,15,18,20H,5-6,11H2,1-4H3,(H,25,28)/b14-9+/t15-,18+,20-/m1/s1. The number of aromatic nitrogens is 1. The third kappa shape index (κ3) is 3.74. The summed E-state index contributed by atoms with van der Waals surface area (Å²) in [7, 11) is 0. The van der Waals surface area contributed by atoms with E-state index in [-0.39, 0.29) is 24.0 Å². The van der Waals surface area contributed by atoms with Crippen molar-refractivity contribution in [2.24, 2.45) is 0 Å². The Hall–Kier alpha value is -2.45. The third-order valence-corrected chi connectivity index (χ3v) is 6.02. The summed E-state index contributed by atoms with van der Waals surface area (Å²) in [5.74, 6) is -0.0917. The molecule has 0 unspecified atom stereocenters. The van der Waals surface area contributed by atoms with Gasteiger partial charge in [-0.1, -0.05) is 18.5 Å². The second-order valence-corrected chi connectivity index (χ2v) is 7.92. The number of hydrogen-bond acceptors (Lipinski definition) is 3. The Morgan fingerprint density at radius 3 is 2.79 bits per heavy atom. The van der Waals surface area contributed by atoms with Gasteiger partial charge in [0.15, 0.2) is 6.19 Å². The number of nitrogens with one attached hydrogen (secondary N) is 1. The normalized spacial score (nSPS) is 22.5. The zero-order chi connectivity index (χ0) is 20.4. The maximum Gasteiger partial charge on any atom is 0.247 e. The van der Waals surface area contributed by atoms with Crippen molar-refractivity contribution >= 4 is 34.5 Å². The molecule has 1 aliphatic heterocycles. The van der Waals surface area contributed by atoms with Gasteiger partial charge in [0.1, 0.15) is 0 Å². The molecule has 1 amide bonds. The van der Waals surface area contributed by atoms with E-state index < -0.39 is 0 Å². The van der Waals surface area contributed by atoms with Crippen LogP contribution in [-0.2, 0) is 11.3 Å². The highest BCUT2D eigenvalue weighted by Gasteiger charge is 2.37. The van der Waals surface area contributed by atoms with Crippen LogP contribution in [0.4, 0.5) is 0 Å². The smallest absolute Gasteiger partial charge is 0.247 e. The lowest BCUT2D eigenvalue weighted by molar-refractivity contribution is -0.118. The predicted octanol–water partition coefficient (Wildman–Crippen LogP) is 4.56. The third-order valence-electron chi connectivity index (χ3n) is 5.79. The Labute approximate surface area is 171 Å². The van der Waals surface area contributed by atoms with Crippen molar-refractivity contribution in [3.8, 4) is 6.19 Å². The van der Waals surface area contributed by atoms with Crippen molar-refractivity contribution in [1.29, 1.82) is 5.26 Å². The van der Waals surface area contributed by atoms with Gasteiger partial charge in [-0.15, -0.1) is 0 Å². The van der Waals surface area contributed by atoms with Crippen LogP contribution in [-0.4, -0.2) is 33.5 Å². The number of nitrogens with zero attached hydrogens (tertiary/aromatic N) is 3. The SMILES string of the molecule is CC[C@H]1C[C@@H](NC(=O)/C(C)=C/c2cn(CC)c3ccc(Cl)cc23)[C@@H](C)N1C#N. The van der Waals surface area contributed by atoms with Gasteiger partial charge in [0.05, 0.1) is 12.1 Å². The molecule has 2 heterocycles. The summed E-state index contributed by atoms with van der Waals surface area (Å²) in [6, 6.07) is 6.01. The fourth-order valence-electron chi connectivity index (χ4n) is 4.10. The zero-order valence-corrected chi connectivity index (χ0v) is 17.6. The average molecular weight is 399 g/mol. The second-order valence-electron chi connectivity index (χ2n) is 7.48. The molecule has 1 aromatic heterocycles. The van der Waals surface area contributed by atoms with E-state index in [1.807, 2.05) is 38.1 Å². The first kappa shape index (κ1) is 20.3. The van der Waals surface area contributed by atoms with Gasteiger partial charge in [-0.25, -0.2) is 0 Å². The van der Waals surface area contributed by atoms with Crippen LogP contribution in [0, 0.1) is 11.5 Å². The van der Waals surface area contributed by atoms with Crippen LogP contribution in [0.5, 0.6) is 0 Å². The molecule has 0 bridgehead atoms. The van der Waals surface area contributed by atoms with Crippen molar-refractivity contribution in [3.63, 3.8) is 0 Å². The van der Waals surface area contributed by atoms with E-state index in [0.717, 1.165) is 35.9 Å². The van der Waals surface area contributed by atoms with E-state index in [1.165, 1.54) is 0 Å². The van der Waals surface area contributed by atoms with Gasteiger partial charge in [-0.05, 0) is 57.9 Å². The van der Waals surface area contributed by atoms with Crippen LogP contribution in [0.1, 0.15) is 46.1 Å². The minimum Gasteiger partial charge on any atom is -0.347 e. The predicted molar refractivity (Wildman–Crippen MR) is 114 cm³/mol. The van der Waals surface area contributed by atoms with Crippen molar-refractivity contribution in [2.45, 2.75) is 65.2 Å². The molecule has 1 saturated heterocycles. The molecule has 3 atom stereocenters. The summed E-state index contributed by atoms with van der Waals surface area (Å²) in [5.41, 5.74) is 2.73. The molecule has 6 heteroatoms. The maximum absolute atomic E-state index is 12.8. The number of carbonyl (C=O) groups excluding carboxylic acids is 1. The first-order valence-corrected chi connectivity index (χ1v) is 10.2. The molecule has 148 valence electrons. The number of rotatable bonds is 5. The minimum atomic E-state index is -0.0917. The van der Waals surface area contributed by atoms with E-state index in [0.29, 0.717) is 10.6 Å². The molecule has 0 radical (unpaired) electrons. The maximum atomic E-state index is 12.8. The molecular weight excluding hydrogens is 372 g/mol. The molecule has 3 rings (SSSR count). The number of carbonyl (C=O) groups is 1. The molecule has 1 aliphatic rings. The lowest BCUT2D eigenvalue weighted by atomic mass is 10.1. The Morgan fingerprint density at radius 1 is 1.43 bits per heavy atom. The quantitative estimate of drug-likeness (QED) is 0.593. The first-order valence-electron chi connectivity index (χ1n) is 9.85. The van der Waals surface area contributed by atoms with Crippen molar-refractivity contribution in [2.75, 3.05) is 0 Å². The topological polar surface area (TPSA) is 61.1 Å². The van der Waals surface area contributed by atoms with E-state index in [4.69, 9.17) is 11.6 Å². The summed E-state index contributed by atoms with van der Waals surface area (Å²) in [4.78, 5) is 14.6. The number of amides is 1. The van der Waals surface area contributed by atoms with E-state index >= 15 is 0 Å². The Morgan fingerprint density at radius 2 is 2.18 bits per heavy atom. The van der Waals surface area contributed by atoms with E-state index in [1.54, 1.807) is 4.90 Å². The van der Waals surface area contributed by atoms with Gasteiger partial charge >= 0.3 is 0 Å². The molecule has 2 aromatic rings. The fourth-order valence-corrected chi connectivity index (χ4v) is 4.27. The number of hydrogen-bond donors (Lipinski definition) is 1. The highest BCUT2D eigenvalue weighted by Crippen LogP contribution is 2.28. The molecule has 5 nitrogen and oxygen atoms in total. The van der Waals surface area contributed by atoms with Gasteiger partial charge in [0.25, 0.3) is 0 Å². The van der Waals surface area contributed by atoms with E-state index in [9.17, 15) is 10.1 Å². The molecule has 0 spiro atoms. The molecule has 1 aromatic carbocycles. The molecule has 0 saturated carbocycles. The van der Waals surface area contributed by atoms with Gasteiger partial charge in [-0.2, -0.15) is 5.26 Å². The molecule has 0 aliphatic carbocycles. The molecule has 1 fully saturated rings. The van der Waals surface area contributed by atoms with Crippen molar-refractivity contribution in [1.82, 2.24) is 14.8 Å². The fraction of sp³-hybridized carbons (Fsp3) is 0.455. The Bertz CT molecular complexity index is 955. The lowest BCUT2D eigenvalue weighted by Crippen LogP contribution is -2.42. The largest absolute Gasteiger partial charge is 0.347 e. The Balaban J connectivity index is 1.82. The van der Waals surface area contributed by atoms with Crippen LogP contribution in [0.15, 0.2) is 30.0 Å². The monoisotopic (exact) mass is 398 g/mol. The summed E-state index contributed by atoms with van der Waals surface area (Å²) < 4.78 is 2.15. The minimum absolute atomic E-state index is 0.00696. The van der Waals surface area contributed by atoms with E-state index in [2.05, 4.69) is 36.1 Å². The molecular formula is C22H27ClN4O. The summed E-state index contributed by atoms with van der Waals surface area (Å²) in [6.45, 7) is 8.84. The first-order chi connectivity index (χ1) is 13.4. The zero-order valence-electron chi connectivity index (χ0n) is 16.9. The van der Waals surface area contributed by atoms with Crippen LogP contribution >= 0.6 is 11.6 Å². The van der Waals surface area contributed by atoms with Gasteiger partial charge in [-0.3, -0.25) is 4.79 Å². The second kappa shape index (κ2) is 8.28. The van der Waals surface area contributed by atoms with Crippen LogP contribution in [0.25, 0.3) is 17.0 Å². The number of likely N-dealkylation sites (tertiary alicyclic amines) is 1. The highest BCUT2D eigenvalue weighted by atomic mass is 35.5. The summed E-state index contributed by atoms with van der Waals surface area (Å²) >= 11 is 6.19. The van der Waals surface area contributed by atoms with Crippen LogP contribution in [0.2, 0.25) is 5.02 Å². The van der Waals surface area contributed by atoms with Crippen molar-refractivity contribution in [3.05, 3.63) is 40.6 Å². The number of benzene rings is 1. The van der Waals surface area contributed by atoms with Crippen molar-refractivity contribution < 1.29 is 4.79 Å². The summed E-state index contributed by atoms with van der Waals surface area (Å²) in [5, 5.41) is 14.2. The number of aryl methyl sites for hydroxylation is 1. The van der Waals surface area contributed by atoms with Gasteiger partial charge < -0.3 is 14.8 Å². The Kier molecular flexibility index (Phi) is 6.00. The molecule has 1 N–H and O–H groups in total. The lowest BCUT2D eigenvalue weighted by Gasteiger charge is -2.22. The average Bonchev–Trinajstić information content (AvgIpc) is 3.18. The summed E-state index contributed by atoms with van der Waals surface area (Å²) in [6.07, 6.45) is 7.95. The molecule has 28 heavy (non-hydrogen) atoms. The number of halogens is 1. The van der Waals surface area contributed by atoms with Crippen LogP contribution < -0.4 is 5.32 Å².